The van der Waals surface area contributed by atoms with Crippen LogP contribution in [0.2, 0.25) is 0 Å². The molecule has 0 heterocycles. The Morgan fingerprint density at radius 2 is 1.70 bits per heavy atom. The van der Waals surface area contributed by atoms with E-state index in [4.69, 9.17) is 4.74 Å². The average Bonchev–Trinajstić information content (AvgIpc) is 2.64. The highest BCUT2D eigenvalue weighted by Crippen LogP contribution is 2.22. The predicted molar refractivity (Wildman–Crippen MR) is 108 cm³/mol. The molecule has 0 bridgehead atoms. The first-order valence-electron chi connectivity index (χ1n) is 9.19. The molecule has 148 valence electrons. The third kappa shape index (κ3) is 6.68. The molecule has 2 N–H and O–H groups in total. The standard InChI is InChI=1S/C21H29N3O2.ClH/c1-5-24(6-2)18-10-13-20(16(4)14-18)23-21(25)22-15-17-8-11-19(12-9-17)26-7-3;/h8-14H,5-7,15H2,1-4H3,(H2,22,23,25);1H/p-1. The van der Waals surface area contributed by atoms with E-state index in [0.717, 1.165) is 35.7 Å². The summed E-state index contributed by atoms with van der Waals surface area (Å²) < 4.78 is 5.42. The van der Waals surface area contributed by atoms with Gasteiger partial charge in [0.05, 0.1) is 6.61 Å². The molecule has 0 aromatic heterocycles. The Kier molecular flexibility index (Phi) is 9.51. The van der Waals surface area contributed by atoms with Gasteiger partial charge in [-0.15, -0.1) is 0 Å². The summed E-state index contributed by atoms with van der Waals surface area (Å²) in [5.41, 5.74) is 4.07. The number of halogens is 1. The molecule has 0 spiro atoms. The Balaban J connectivity index is 0.00000364. The minimum absolute atomic E-state index is 0. The molecular formula is C21H29ClN3O2-. The van der Waals surface area contributed by atoms with Crippen molar-refractivity contribution in [1.82, 2.24) is 5.32 Å². The molecule has 27 heavy (non-hydrogen) atoms. The summed E-state index contributed by atoms with van der Waals surface area (Å²) in [6.45, 7) is 11.3. The molecule has 0 unspecified atom stereocenters. The summed E-state index contributed by atoms with van der Waals surface area (Å²) >= 11 is 0. The molecule has 0 saturated heterocycles. The number of nitrogens with zero attached hydrogens (tertiary/aromatic N) is 1. The summed E-state index contributed by atoms with van der Waals surface area (Å²) in [5.74, 6) is 0.838. The van der Waals surface area contributed by atoms with E-state index in [1.807, 2.05) is 50.2 Å². The zero-order chi connectivity index (χ0) is 18.9. The number of carbonyl (C=O) groups is 1. The van der Waals surface area contributed by atoms with Gasteiger partial charge >= 0.3 is 6.03 Å². The van der Waals surface area contributed by atoms with Gasteiger partial charge in [0.1, 0.15) is 5.75 Å². The maximum Gasteiger partial charge on any atom is 0.319 e. The molecule has 2 aromatic rings. The lowest BCUT2D eigenvalue weighted by atomic mass is 10.1. The average molecular weight is 391 g/mol. The largest absolute Gasteiger partial charge is 1.00 e. The van der Waals surface area contributed by atoms with E-state index in [1.54, 1.807) is 0 Å². The van der Waals surface area contributed by atoms with Crippen molar-refractivity contribution in [2.45, 2.75) is 34.2 Å². The highest BCUT2D eigenvalue weighted by molar-refractivity contribution is 5.90. The fourth-order valence-corrected chi connectivity index (χ4v) is 2.79. The van der Waals surface area contributed by atoms with Gasteiger partial charge in [-0.3, -0.25) is 0 Å². The van der Waals surface area contributed by atoms with Gasteiger partial charge in [-0.2, -0.15) is 0 Å². The SMILES string of the molecule is CCOc1ccc(CNC(=O)Nc2ccc(N(CC)CC)cc2C)cc1.[Cl-]. The van der Waals surface area contributed by atoms with Gasteiger partial charge in [-0.25, -0.2) is 4.79 Å². The van der Waals surface area contributed by atoms with Crippen LogP contribution < -0.4 is 32.7 Å². The van der Waals surface area contributed by atoms with Crippen LogP contribution in [0, 0.1) is 6.92 Å². The van der Waals surface area contributed by atoms with Crippen LogP contribution in [-0.2, 0) is 6.54 Å². The van der Waals surface area contributed by atoms with Crippen LogP contribution in [0.4, 0.5) is 16.2 Å². The number of benzene rings is 2. The van der Waals surface area contributed by atoms with Gasteiger partial charge in [0.15, 0.2) is 0 Å². The minimum Gasteiger partial charge on any atom is -1.00 e. The summed E-state index contributed by atoms with van der Waals surface area (Å²) in [6.07, 6.45) is 0. The van der Waals surface area contributed by atoms with Gasteiger partial charge in [0.2, 0.25) is 0 Å². The van der Waals surface area contributed by atoms with Crippen molar-refractivity contribution < 1.29 is 21.9 Å². The molecule has 0 aliphatic heterocycles. The lowest BCUT2D eigenvalue weighted by Gasteiger charge is -2.22. The van der Waals surface area contributed by atoms with Crippen LogP contribution in [-0.4, -0.2) is 25.7 Å². The lowest BCUT2D eigenvalue weighted by Crippen LogP contribution is -3.00. The minimum atomic E-state index is -0.211. The molecule has 0 fully saturated rings. The number of hydrogen-bond donors (Lipinski definition) is 2. The van der Waals surface area contributed by atoms with Crippen LogP contribution in [0.5, 0.6) is 5.75 Å². The van der Waals surface area contributed by atoms with Crippen molar-refractivity contribution >= 4 is 17.4 Å². The number of anilines is 2. The Labute approximate surface area is 168 Å². The third-order valence-electron chi connectivity index (χ3n) is 4.27. The molecule has 6 heteroatoms. The smallest absolute Gasteiger partial charge is 0.319 e. The van der Waals surface area contributed by atoms with Crippen LogP contribution in [0.15, 0.2) is 42.5 Å². The number of hydrogen-bond acceptors (Lipinski definition) is 3. The zero-order valence-corrected chi connectivity index (χ0v) is 17.3. The van der Waals surface area contributed by atoms with Gasteiger partial charge < -0.3 is 32.7 Å². The van der Waals surface area contributed by atoms with E-state index in [-0.39, 0.29) is 18.4 Å². The van der Waals surface area contributed by atoms with Crippen LogP contribution >= 0.6 is 0 Å². The molecular weight excluding hydrogens is 362 g/mol. The second-order valence-corrected chi connectivity index (χ2v) is 6.06. The Bertz CT molecular complexity index is 716. The van der Waals surface area contributed by atoms with Gasteiger partial charge in [0, 0.05) is 31.0 Å². The van der Waals surface area contributed by atoms with Crippen molar-refractivity contribution in [1.29, 1.82) is 0 Å². The van der Waals surface area contributed by atoms with Crippen molar-refractivity contribution in [3.63, 3.8) is 0 Å². The second kappa shape index (κ2) is 11.3. The fraction of sp³-hybridized carbons (Fsp3) is 0.381. The number of aryl methyl sites for hydroxylation is 1. The highest BCUT2D eigenvalue weighted by atomic mass is 35.5. The lowest BCUT2D eigenvalue weighted by molar-refractivity contribution is -0.00000912. The summed E-state index contributed by atoms with van der Waals surface area (Å²) in [5, 5.41) is 5.81. The van der Waals surface area contributed by atoms with E-state index in [2.05, 4.69) is 35.4 Å². The third-order valence-corrected chi connectivity index (χ3v) is 4.27. The maximum absolute atomic E-state index is 12.2. The molecule has 2 amide bonds. The number of ether oxygens (including phenoxy) is 1. The van der Waals surface area contributed by atoms with E-state index < -0.39 is 0 Å². The molecule has 0 radical (unpaired) electrons. The monoisotopic (exact) mass is 390 g/mol. The molecule has 0 atom stereocenters. The zero-order valence-electron chi connectivity index (χ0n) is 16.5. The first-order valence-corrected chi connectivity index (χ1v) is 9.19. The molecule has 5 nitrogen and oxygen atoms in total. The van der Waals surface area contributed by atoms with E-state index >= 15 is 0 Å². The second-order valence-electron chi connectivity index (χ2n) is 6.06. The topological polar surface area (TPSA) is 53.6 Å². The number of carbonyl (C=O) groups excluding carboxylic acids is 1. The van der Waals surface area contributed by atoms with Crippen LogP contribution in [0.1, 0.15) is 31.9 Å². The number of urea groups is 1. The van der Waals surface area contributed by atoms with Crippen LogP contribution in [0.25, 0.3) is 0 Å². The van der Waals surface area contributed by atoms with Crippen LogP contribution in [0.3, 0.4) is 0 Å². The number of amides is 2. The van der Waals surface area contributed by atoms with Gasteiger partial charge in [-0.1, -0.05) is 12.1 Å². The van der Waals surface area contributed by atoms with Crippen molar-refractivity contribution in [3.05, 3.63) is 53.6 Å². The number of rotatable bonds is 8. The molecule has 0 aliphatic rings. The Morgan fingerprint density at radius 1 is 1.04 bits per heavy atom. The fourth-order valence-electron chi connectivity index (χ4n) is 2.79. The Morgan fingerprint density at radius 3 is 2.26 bits per heavy atom. The number of nitrogens with one attached hydrogen (secondary N) is 2. The summed E-state index contributed by atoms with van der Waals surface area (Å²) in [4.78, 5) is 14.5. The van der Waals surface area contributed by atoms with E-state index in [1.165, 1.54) is 5.69 Å². The highest BCUT2D eigenvalue weighted by Gasteiger charge is 2.08. The predicted octanol–water partition coefficient (Wildman–Crippen LogP) is 1.57. The normalized spacial score (nSPS) is 9.93. The molecule has 2 rings (SSSR count). The molecule has 0 aliphatic carbocycles. The quantitative estimate of drug-likeness (QED) is 0.719. The summed E-state index contributed by atoms with van der Waals surface area (Å²) in [6, 6.07) is 13.6. The van der Waals surface area contributed by atoms with Crippen molar-refractivity contribution in [2.75, 3.05) is 29.9 Å². The van der Waals surface area contributed by atoms with Crippen molar-refractivity contribution in [2.24, 2.45) is 0 Å². The van der Waals surface area contributed by atoms with Crippen molar-refractivity contribution in [3.8, 4) is 5.75 Å². The van der Waals surface area contributed by atoms with E-state index in [9.17, 15) is 4.79 Å². The molecule has 2 aromatic carbocycles. The first-order chi connectivity index (χ1) is 12.6. The van der Waals surface area contributed by atoms with Gasteiger partial charge in [-0.05, 0) is 69.2 Å². The summed E-state index contributed by atoms with van der Waals surface area (Å²) in [7, 11) is 0. The van der Waals surface area contributed by atoms with E-state index in [0.29, 0.717) is 13.2 Å². The molecule has 0 saturated carbocycles. The van der Waals surface area contributed by atoms with Gasteiger partial charge in [0.25, 0.3) is 0 Å². The Hall–Kier alpha value is -2.40. The maximum atomic E-state index is 12.2. The first kappa shape index (κ1) is 22.6.